The monoisotopic (exact) mass is 263 g/mol. The van der Waals surface area contributed by atoms with E-state index in [1.54, 1.807) is 7.11 Å². The molecule has 0 heterocycles. The van der Waals surface area contributed by atoms with Crippen molar-refractivity contribution in [3.63, 3.8) is 0 Å². The van der Waals surface area contributed by atoms with E-state index in [0.29, 0.717) is 6.04 Å². The third kappa shape index (κ3) is 3.96. The fourth-order valence-electron chi connectivity index (χ4n) is 2.04. The quantitative estimate of drug-likeness (QED) is 0.779. The minimum atomic E-state index is -0.0354. The Morgan fingerprint density at radius 2 is 2.26 bits per heavy atom. The summed E-state index contributed by atoms with van der Waals surface area (Å²) in [6.07, 6.45) is 2.26. The Morgan fingerprint density at radius 1 is 1.53 bits per heavy atom. The minimum absolute atomic E-state index is 0.0354. The molecule has 1 amide bonds. The second-order valence-electron chi connectivity index (χ2n) is 5.38. The molecule has 0 radical (unpaired) electrons. The van der Waals surface area contributed by atoms with Crippen LogP contribution in [0, 0.1) is 0 Å². The summed E-state index contributed by atoms with van der Waals surface area (Å²) >= 11 is 0. The summed E-state index contributed by atoms with van der Waals surface area (Å²) in [5.74, 6) is 1.02. The fraction of sp³-hybridized carbons (Fsp3) is 0.533. The van der Waals surface area contributed by atoms with Crippen molar-refractivity contribution < 1.29 is 14.4 Å². The molecule has 1 fully saturated rings. The number of hydrogen-bond donors (Lipinski definition) is 2. The molecule has 1 unspecified atom stereocenters. The van der Waals surface area contributed by atoms with Crippen LogP contribution in [0.5, 0.6) is 5.75 Å². The number of rotatable bonds is 6. The van der Waals surface area contributed by atoms with Crippen LogP contribution >= 0.6 is 0 Å². The molecule has 4 nitrogen and oxygen atoms in total. The summed E-state index contributed by atoms with van der Waals surface area (Å²) in [6, 6.07) is 8.40. The van der Waals surface area contributed by atoms with Gasteiger partial charge in [-0.2, -0.15) is 0 Å². The van der Waals surface area contributed by atoms with Gasteiger partial charge in [-0.15, -0.1) is 0 Å². The number of quaternary nitrogens is 1. The lowest BCUT2D eigenvalue weighted by atomic mass is 10.1. The number of hydrogen-bond acceptors (Lipinski definition) is 2. The maximum atomic E-state index is 12.0. The number of likely N-dealkylation sites (N-methyl/N-ethyl adjacent to an activating group) is 1. The van der Waals surface area contributed by atoms with Crippen molar-refractivity contribution in [2.24, 2.45) is 0 Å². The molecule has 2 N–H and O–H groups in total. The van der Waals surface area contributed by atoms with Crippen LogP contribution in [0.3, 0.4) is 0 Å². The van der Waals surface area contributed by atoms with Gasteiger partial charge in [0.25, 0.3) is 5.91 Å². The van der Waals surface area contributed by atoms with Crippen molar-refractivity contribution in [1.29, 1.82) is 0 Å². The van der Waals surface area contributed by atoms with Gasteiger partial charge in [0.1, 0.15) is 12.3 Å². The van der Waals surface area contributed by atoms with Crippen LogP contribution in [-0.2, 0) is 11.3 Å². The highest BCUT2D eigenvalue weighted by Crippen LogP contribution is 2.18. The third-order valence-corrected chi connectivity index (χ3v) is 3.67. The highest BCUT2D eigenvalue weighted by molar-refractivity contribution is 5.80. The first kappa shape index (κ1) is 13.9. The topological polar surface area (TPSA) is 42.8 Å². The van der Waals surface area contributed by atoms with Crippen molar-refractivity contribution >= 4 is 5.91 Å². The van der Waals surface area contributed by atoms with Gasteiger partial charge in [0.2, 0.25) is 0 Å². The lowest BCUT2D eigenvalue weighted by Gasteiger charge is -2.21. The number of methoxy groups -OCH3 is 1. The Hall–Kier alpha value is -1.55. The second-order valence-corrected chi connectivity index (χ2v) is 5.38. The van der Waals surface area contributed by atoms with Crippen LogP contribution in [0.2, 0.25) is 0 Å². The standard InChI is InChI=1S/C15H22N2O2/c1-11(15(18)16-13-7-8-13)17(2)10-12-5-4-6-14(9-12)19-3/h4-6,9,11,13H,7-8,10H2,1-3H3,(H,16,18)/p+1/t11-/m0/s1. The Balaban J connectivity index is 1.90. The molecule has 19 heavy (non-hydrogen) atoms. The van der Waals surface area contributed by atoms with Crippen molar-refractivity contribution in [2.75, 3.05) is 14.2 Å². The molecule has 1 aromatic rings. The van der Waals surface area contributed by atoms with Gasteiger partial charge in [0.15, 0.2) is 6.04 Å². The molecule has 0 aromatic heterocycles. The molecule has 1 aliphatic carbocycles. The zero-order valence-electron chi connectivity index (χ0n) is 11.9. The Bertz CT molecular complexity index is 444. The van der Waals surface area contributed by atoms with E-state index in [2.05, 4.69) is 18.4 Å². The Kier molecular flexibility index (Phi) is 4.43. The molecule has 0 saturated heterocycles. The molecule has 104 valence electrons. The predicted molar refractivity (Wildman–Crippen MR) is 74.2 cm³/mol. The van der Waals surface area contributed by atoms with Crippen molar-refractivity contribution in [1.82, 2.24) is 5.32 Å². The SMILES string of the molecule is COc1cccc(C[NH+](C)[C@@H](C)C(=O)NC2CC2)c1. The molecule has 1 aliphatic rings. The Morgan fingerprint density at radius 3 is 2.89 bits per heavy atom. The molecule has 1 aromatic carbocycles. The van der Waals surface area contributed by atoms with E-state index < -0.39 is 0 Å². The third-order valence-electron chi connectivity index (χ3n) is 3.67. The average Bonchev–Trinajstić information content (AvgIpc) is 3.21. The van der Waals surface area contributed by atoms with E-state index in [9.17, 15) is 4.79 Å². The number of benzene rings is 1. The van der Waals surface area contributed by atoms with E-state index >= 15 is 0 Å². The summed E-state index contributed by atoms with van der Waals surface area (Å²) in [6.45, 7) is 2.80. The van der Waals surface area contributed by atoms with E-state index in [0.717, 1.165) is 25.1 Å². The highest BCUT2D eigenvalue weighted by Gasteiger charge is 2.29. The zero-order chi connectivity index (χ0) is 13.8. The smallest absolute Gasteiger partial charge is 0.278 e. The molecular formula is C15H23N2O2+. The number of nitrogens with one attached hydrogen (secondary N) is 2. The van der Waals surface area contributed by atoms with E-state index in [4.69, 9.17) is 4.74 Å². The average molecular weight is 263 g/mol. The lowest BCUT2D eigenvalue weighted by molar-refractivity contribution is -0.908. The van der Waals surface area contributed by atoms with E-state index in [-0.39, 0.29) is 11.9 Å². The summed E-state index contributed by atoms with van der Waals surface area (Å²) in [4.78, 5) is 13.2. The van der Waals surface area contributed by atoms with E-state index in [1.165, 1.54) is 10.5 Å². The van der Waals surface area contributed by atoms with Crippen LogP contribution in [0.15, 0.2) is 24.3 Å². The molecule has 4 heteroatoms. The van der Waals surface area contributed by atoms with Crippen molar-refractivity contribution in [3.8, 4) is 5.75 Å². The molecule has 0 aliphatic heterocycles. The normalized spacial score (nSPS) is 17.6. The van der Waals surface area contributed by atoms with Gasteiger partial charge in [0, 0.05) is 11.6 Å². The van der Waals surface area contributed by atoms with Crippen LogP contribution in [0.4, 0.5) is 0 Å². The number of amides is 1. The summed E-state index contributed by atoms with van der Waals surface area (Å²) in [5.41, 5.74) is 1.18. The molecule has 0 spiro atoms. The second kappa shape index (κ2) is 6.06. The minimum Gasteiger partial charge on any atom is -0.497 e. The van der Waals surface area contributed by atoms with Crippen LogP contribution in [0.1, 0.15) is 25.3 Å². The first-order valence-electron chi connectivity index (χ1n) is 6.85. The molecular weight excluding hydrogens is 240 g/mol. The summed E-state index contributed by atoms with van der Waals surface area (Å²) in [7, 11) is 3.72. The number of ether oxygens (including phenoxy) is 1. The summed E-state index contributed by atoms with van der Waals surface area (Å²) < 4.78 is 5.22. The first-order chi connectivity index (χ1) is 9.10. The molecule has 1 saturated carbocycles. The van der Waals surface area contributed by atoms with Crippen molar-refractivity contribution in [2.45, 2.75) is 38.4 Å². The lowest BCUT2D eigenvalue weighted by Crippen LogP contribution is -3.12. The molecule has 0 bridgehead atoms. The van der Waals surface area contributed by atoms with Gasteiger partial charge in [-0.25, -0.2) is 0 Å². The largest absolute Gasteiger partial charge is 0.497 e. The van der Waals surface area contributed by atoms with Gasteiger partial charge in [0.05, 0.1) is 14.2 Å². The van der Waals surface area contributed by atoms with Gasteiger partial charge >= 0.3 is 0 Å². The maximum absolute atomic E-state index is 12.0. The first-order valence-corrected chi connectivity index (χ1v) is 6.85. The van der Waals surface area contributed by atoms with Gasteiger partial charge < -0.3 is 15.0 Å². The van der Waals surface area contributed by atoms with Crippen LogP contribution in [-0.4, -0.2) is 32.1 Å². The number of carbonyl (C=O) groups excluding carboxylic acids is 1. The fourth-order valence-corrected chi connectivity index (χ4v) is 2.04. The van der Waals surface area contributed by atoms with Crippen molar-refractivity contribution in [3.05, 3.63) is 29.8 Å². The Labute approximate surface area is 114 Å². The van der Waals surface area contributed by atoms with Crippen LogP contribution in [0.25, 0.3) is 0 Å². The molecule has 2 rings (SSSR count). The zero-order valence-corrected chi connectivity index (χ0v) is 11.9. The van der Waals surface area contributed by atoms with Gasteiger partial charge in [-0.1, -0.05) is 12.1 Å². The number of carbonyl (C=O) groups is 1. The maximum Gasteiger partial charge on any atom is 0.278 e. The predicted octanol–water partition coefficient (Wildman–Crippen LogP) is 0.377. The summed E-state index contributed by atoms with van der Waals surface area (Å²) in [5, 5.41) is 3.06. The van der Waals surface area contributed by atoms with Gasteiger partial charge in [-0.3, -0.25) is 4.79 Å². The highest BCUT2D eigenvalue weighted by atomic mass is 16.5. The van der Waals surface area contributed by atoms with Crippen LogP contribution < -0.4 is 15.0 Å². The van der Waals surface area contributed by atoms with E-state index in [1.807, 2.05) is 25.1 Å². The molecule has 2 atom stereocenters. The van der Waals surface area contributed by atoms with Gasteiger partial charge in [-0.05, 0) is 31.9 Å².